The number of nitrogens with zero attached hydrogens (tertiary/aromatic N) is 2. The number of carbonyl (C=O) groups excluding carboxylic acids is 1. The van der Waals surface area contributed by atoms with E-state index in [0.29, 0.717) is 17.2 Å². The van der Waals surface area contributed by atoms with Crippen LogP contribution in [0.1, 0.15) is 24.0 Å². The highest BCUT2D eigenvalue weighted by molar-refractivity contribution is 7.89. The SMILES string of the molecule is CCOC(=O)N(CC(Cc1ccc(OCOC)cc1)c1cccnc1)S(=O)(=O)c1ccc(Cl)cc1. The van der Waals surface area contributed by atoms with E-state index >= 15 is 0 Å². The van der Waals surface area contributed by atoms with Crippen molar-refractivity contribution >= 4 is 27.7 Å². The summed E-state index contributed by atoms with van der Waals surface area (Å²) in [6, 6.07) is 16.7. The highest BCUT2D eigenvalue weighted by atomic mass is 35.5. The Hall–Kier alpha value is -3.14. The molecule has 1 unspecified atom stereocenters. The second-order valence-corrected chi connectivity index (χ2v) is 9.87. The van der Waals surface area contributed by atoms with Gasteiger partial charge in [-0.15, -0.1) is 0 Å². The molecular formula is C25H27ClN2O6S. The van der Waals surface area contributed by atoms with Crippen molar-refractivity contribution in [2.45, 2.75) is 24.2 Å². The first-order valence-corrected chi connectivity index (χ1v) is 12.7. The van der Waals surface area contributed by atoms with Gasteiger partial charge in [-0.2, -0.15) is 4.31 Å². The van der Waals surface area contributed by atoms with Crippen molar-refractivity contribution in [2.75, 3.05) is 27.1 Å². The van der Waals surface area contributed by atoms with Crippen LogP contribution in [-0.2, 0) is 25.9 Å². The van der Waals surface area contributed by atoms with Crippen molar-refractivity contribution in [2.24, 2.45) is 0 Å². The minimum Gasteiger partial charge on any atom is -0.468 e. The number of pyridine rings is 1. The van der Waals surface area contributed by atoms with E-state index in [-0.39, 0.29) is 30.8 Å². The number of aromatic nitrogens is 1. The molecule has 0 aliphatic rings. The number of hydrogen-bond acceptors (Lipinski definition) is 7. The van der Waals surface area contributed by atoms with Crippen molar-refractivity contribution in [1.29, 1.82) is 0 Å². The fourth-order valence-electron chi connectivity index (χ4n) is 3.44. The predicted octanol–water partition coefficient (Wildman–Crippen LogP) is 4.89. The summed E-state index contributed by atoms with van der Waals surface area (Å²) in [4.78, 5) is 17.0. The molecule has 8 nitrogen and oxygen atoms in total. The highest BCUT2D eigenvalue weighted by Gasteiger charge is 2.33. The summed E-state index contributed by atoms with van der Waals surface area (Å²) in [6.07, 6.45) is 2.80. The Morgan fingerprint density at radius 1 is 1.09 bits per heavy atom. The molecule has 1 atom stereocenters. The van der Waals surface area contributed by atoms with E-state index in [1.165, 1.54) is 24.3 Å². The monoisotopic (exact) mass is 518 g/mol. The molecule has 35 heavy (non-hydrogen) atoms. The van der Waals surface area contributed by atoms with Crippen molar-refractivity contribution in [3.05, 3.63) is 89.2 Å². The summed E-state index contributed by atoms with van der Waals surface area (Å²) in [5.41, 5.74) is 1.71. The lowest BCUT2D eigenvalue weighted by molar-refractivity contribution is 0.0511. The van der Waals surface area contributed by atoms with Gasteiger partial charge in [-0.05, 0) is 66.9 Å². The van der Waals surface area contributed by atoms with Gasteiger partial charge < -0.3 is 14.2 Å². The number of rotatable bonds is 11. The molecule has 0 saturated carbocycles. The third kappa shape index (κ3) is 7.17. The van der Waals surface area contributed by atoms with E-state index in [4.69, 9.17) is 25.8 Å². The lowest BCUT2D eigenvalue weighted by Gasteiger charge is -2.27. The Kier molecular flexibility index (Phi) is 9.47. The number of benzene rings is 2. The fourth-order valence-corrected chi connectivity index (χ4v) is 4.92. The van der Waals surface area contributed by atoms with Crippen LogP contribution < -0.4 is 4.74 Å². The molecule has 1 amide bonds. The molecule has 186 valence electrons. The van der Waals surface area contributed by atoms with Gasteiger partial charge in [-0.3, -0.25) is 4.98 Å². The maximum atomic E-state index is 13.5. The van der Waals surface area contributed by atoms with Crippen LogP contribution in [0.15, 0.2) is 78.0 Å². The topological polar surface area (TPSA) is 95.0 Å². The van der Waals surface area contributed by atoms with E-state index in [9.17, 15) is 13.2 Å². The number of carbonyl (C=O) groups is 1. The normalized spacial score (nSPS) is 12.1. The van der Waals surface area contributed by atoms with E-state index in [0.717, 1.165) is 15.4 Å². The lowest BCUT2D eigenvalue weighted by Crippen LogP contribution is -2.40. The van der Waals surface area contributed by atoms with Crippen LogP contribution in [0.5, 0.6) is 5.75 Å². The van der Waals surface area contributed by atoms with Crippen LogP contribution in [0.4, 0.5) is 4.79 Å². The van der Waals surface area contributed by atoms with Crippen molar-refractivity contribution in [1.82, 2.24) is 9.29 Å². The third-order valence-corrected chi connectivity index (χ3v) is 7.16. The van der Waals surface area contributed by atoms with E-state index < -0.39 is 16.1 Å². The molecule has 0 saturated heterocycles. The zero-order valence-electron chi connectivity index (χ0n) is 19.5. The van der Waals surface area contributed by atoms with Crippen molar-refractivity contribution in [3.8, 4) is 5.75 Å². The zero-order valence-corrected chi connectivity index (χ0v) is 21.0. The zero-order chi connectivity index (χ0) is 25.3. The van der Waals surface area contributed by atoms with Crippen LogP contribution in [0.25, 0.3) is 0 Å². The largest absolute Gasteiger partial charge is 0.468 e. The van der Waals surface area contributed by atoms with E-state index in [1.807, 2.05) is 30.3 Å². The summed E-state index contributed by atoms with van der Waals surface area (Å²) in [5, 5.41) is 0.387. The van der Waals surface area contributed by atoms with Gasteiger partial charge in [-0.25, -0.2) is 13.2 Å². The number of halogens is 1. The van der Waals surface area contributed by atoms with Gasteiger partial charge in [0.1, 0.15) is 5.75 Å². The standard InChI is InChI=1S/C25H27ClN2O6S/c1-3-33-25(29)28(35(30,31)24-12-8-22(26)9-13-24)17-21(20-5-4-14-27-16-20)15-19-6-10-23(11-7-19)34-18-32-2/h4-14,16,21H,3,15,17-18H2,1-2H3. The van der Waals surface area contributed by atoms with Crippen LogP contribution in [-0.4, -0.2) is 50.9 Å². The maximum absolute atomic E-state index is 13.5. The molecule has 10 heteroatoms. The average Bonchev–Trinajstić information content (AvgIpc) is 2.86. The Morgan fingerprint density at radius 3 is 2.40 bits per heavy atom. The third-order valence-electron chi connectivity index (χ3n) is 5.16. The molecule has 2 aromatic carbocycles. The van der Waals surface area contributed by atoms with Crippen LogP contribution in [0, 0.1) is 0 Å². The quantitative estimate of drug-likeness (QED) is 0.333. The first kappa shape index (κ1) is 26.5. The molecule has 0 fully saturated rings. The molecule has 0 spiro atoms. The average molecular weight is 519 g/mol. The Balaban J connectivity index is 1.94. The number of methoxy groups -OCH3 is 1. The van der Waals surface area contributed by atoms with Gasteiger partial charge in [0.2, 0.25) is 0 Å². The number of hydrogen-bond donors (Lipinski definition) is 0. The van der Waals surface area contributed by atoms with Gasteiger partial charge in [0, 0.05) is 37.0 Å². The van der Waals surface area contributed by atoms with Gasteiger partial charge in [0.05, 0.1) is 11.5 Å². The number of amides is 1. The van der Waals surface area contributed by atoms with E-state index in [1.54, 1.807) is 32.5 Å². The lowest BCUT2D eigenvalue weighted by atomic mass is 9.93. The van der Waals surface area contributed by atoms with Crippen LogP contribution >= 0.6 is 11.6 Å². The number of sulfonamides is 1. The highest BCUT2D eigenvalue weighted by Crippen LogP contribution is 2.27. The Morgan fingerprint density at radius 2 is 1.80 bits per heavy atom. The molecule has 1 aromatic heterocycles. The minimum atomic E-state index is -4.21. The fraction of sp³-hybridized carbons (Fsp3) is 0.280. The van der Waals surface area contributed by atoms with Gasteiger partial charge in [0.25, 0.3) is 10.0 Å². The smallest absolute Gasteiger partial charge is 0.423 e. The summed E-state index contributed by atoms with van der Waals surface area (Å²) in [6.45, 7) is 1.65. The molecule has 0 aliphatic heterocycles. The summed E-state index contributed by atoms with van der Waals surface area (Å²) in [5.74, 6) is 0.257. The number of ether oxygens (including phenoxy) is 3. The Bertz CT molecular complexity index is 1190. The summed E-state index contributed by atoms with van der Waals surface area (Å²) < 4.78 is 43.2. The predicted molar refractivity (Wildman–Crippen MR) is 132 cm³/mol. The van der Waals surface area contributed by atoms with Crippen LogP contribution in [0.2, 0.25) is 5.02 Å². The maximum Gasteiger partial charge on any atom is 0.423 e. The summed E-state index contributed by atoms with van der Waals surface area (Å²) >= 11 is 5.92. The first-order valence-electron chi connectivity index (χ1n) is 10.9. The van der Waals surface area contributed by atoms with Gasteiger partial charge in [-0.1, -0.05) is 29.8 Å². The van der Waals surface area contributed by atoms with Crippen molar-refractivity contribution < 1.29 is 27.4 Å². The van der Waals surface area contributed by atoms with Gasteiger partial charge >= 0.3 is 6.09 Å². The second kappa shape index (κ2) is 12.5. The van der Waals surface area contributed by atoms with Crippen molar-refractivity contribution in [3.63, 3.8) is 0 Å². The Labute approximate surface area is 210 Å². The molecule has 3 rings (SSSR count). The molecule has 0 aliphatic carbocycles. The first-order chi connectivity index (χ1) is 16.8. The minimum absolute atomic E-state index is 0.0337. The van der Waals surface area contributed by atoms with E-state index in [2.05, 4.69) is 4.98 Å². The second-order valence-electron chi connectivity index (χ2n) is 7.57. The molecule has 0 N–H and O–H groups in total. The molecule has 1 heterocycles. The molecule has 0 radical (unpaired) electrons. The molecular weight excluding hydrogens is 492 g/mol. The van der Waals surface area contributed by atoms with Gasteiger partial charge in [0.15, 0.2) is 6.79 Å². The summed E-state index contributed by atoms with van der Waals surface area (Å²) in [7, 11) is -2.66. The molecule has 0 bridgehead atoms. The van der Waals surface area contributed by atoms with Crippen LogP contribution in [0.3, 0.4) is 0 Å². The molecule has 3 aromatic rings.